The maximum Gasteiger partial charge on any atom is 0.224 e. The van der Waals surface area contributed by atoms with E-state index in [1.54, 1.807) is 17.0 Å². The van der Waals surface area contributed by atoms with Crippen LogP contribution in [0.1, 0.15) is 18.4 Å². The van der Waals surface area contributed by atoms with Gasteiger partial charge in [-0.05, 0) is 43.2 Å². The van der Waals surface area contributed by atoms with Gasteiger partial charge in [0.2, 0.25) is 5.91 Å². The van der Waals surface area contributed by atoms with Crippen molar-refractivity contribution in [3.63, 3.8) is 0 Å². The third-order valence-corrected chi connectivity index (χ3v) is 6.14. The Bertz CT molecular complexity index is 990. The van der Waals surface area contributed by atoms with Gasteiger partial charge in [0.1, 0.15) is 35.7 Å². The van der Waals surface area contributed by atoms with Crippen LogP contribution in [0.15, 0.2) is 34.8 Å². The third kappa shape index (κ3) is 4.01. The number of rotatable bonds is 4. The summed E-state index contributed by atoms with van der Waals surface area (Å²) in [4.78, 5) is 13.2. The number of aliphatic hydroxyl groups is 2. The van der Waals surface area contributed by atoms with E-state index >= 15 is 0 Å². The van der Waals surface area contributed by atoms with Gasteiger partial charge in [-0.1, -0.05) is 15.9 Å². The second kappa shape index (κ2) is 8.13. The Kier molecular flexibility index (Phi) is 5.69. The van der Waals surface area contributed by atoms with E-state index in [0.29, 0.717) is 34.4 Å². The van der Waals surface area contributed by atoms with Crippen molar-refractivity contribution in [2.45, 2.75) is 31.0 Å². The molecule has 160 valence electrons. The number of carbonyl (C=O) groups is 1. The van der Waals surface area contributed by atoms with Crippen molar-refractivity contribution in [2.75, 3.05) is 29.9 Å². The van der Waals surface area contributed by atoms with Crippen LogP contribution in [0.5, 0.6) is 5.75 Å². The van der Waals surface area contributed by atoms with Gasteiger partial charge in [-0.25, -0.2) is 8.78 Å². The van der Waals surface area contributed by atoms with E-state index in [0.717, 1.165) is 0 Å². The molecule has 3 N–H and O–H groups in total. The van der Waals surface area contributed by atoms with Gasteiger partial charge in [-0.3, -0.25) is 4.79 Å². The highest BCUT2D eigenvalue weighted by Gasteiger charge is 2.42. The number of nitrogens with one attached hydrogen (secondary N) is 1. The molecule has 0 radical (unpaired) electrons. The van der Waals surface area contributed by atoms with Gasteiger partial charge in [0.25, 0.3) is 0 Å². The van der Waals surface area contributed by atoms with E-state index in [1.165, 1.54) is 18.2 Å². The van der Waals surface area contributed by atoms with Gasteiger partial charge in [-0.2, -0.15) is 0 Å². The molecule has 1 amide bonds. The van der Waals surface area contributed by atoms with Crippen LogP contribution in [0.2, 0.25) is 0 Å². The minimum absolute atomic E-state index is 0.0377. The van der Waals surface area contributed by atoms with Crippen molar-refractivity contribution in [2.24, 2.45) is 0 Å². The van der Waals surface area contributed by atoms with Crippen LogP contribution >= 0.6 is 15.9 Å². The molecular weight excluding hydrogens is 462 g/mol. The Morgan fingerprint density at radius 3 is 2.77 bits per heavy atom. The molecule has 2 heterocycles. The zero-order valence-electron chi connectivity index (χ0n) is 16.0. The van der Waals surface area contributed by atoms with E-state index < -0.39 is 23.3 Å². The molecule has 0 saturated carbocycles. The van der Waals surface area contributed by atoms with Crippen LogP contribution in [0.4, 0.5) is 20.2 Å². The smallest absolute Gasteiger partial charge is 0.224 e. The second-order valence-electron chi connectivity index (χ2n) is 7.65. The number of carbonyl (C=O) groups excluding carboxylic acids is 1. The Morgan fingerprint density at radius 2 is 2.03 bits per heavy atom. The number of fused-ring (bicyclic) bond motifs is 1. The molecule has 2 aliphatic heterocycles. The summed E-state index contributed by atoms with van der Waals surface area (Å²) in [7, 11) is 0. The summed E-state index contributed by atoms with van der Waals surface area (Å²) in [5, 5.41) is 24.0. The number of halogens is 3. The largest absolute Gasteiger partial charge is 0.490 e. The van der Waals surface area contributed by atoms with Gasteiger partial charge >= 0.3 is 0 Å². The molecule has 2 atom stereocenters. The van der Waals surface area contributed by atoms with Crippen LogP contribution < -0.4 is 15.0 Å². The number of β-amino-alcohol motifs (C(OH)–C–C–N with tert-alkyl or cyclic N) is 1. The molecular formula is C21H21BrF2N2O4. The van der Waals surface area contributed by atoms with Crippen molar-refractivity contribution >= 4 is 33.2 Å². The molecule has 2 aromatic rings. The Hall–Kier alpha value is -2.23. The molecule has 6 nitrogen and oxygen atoms in total. The number of anilines is 2. The lowest BCUT2D eigenvalue weighted by atomic mass is 9.89. The summed E-state index contributed by atoms with van der Waals surface area (Å²) in [5.41, 5.74) is -0.566. The third-order valence-electron chi connectivity index (χ3n) is 5.64. The molecule has 0 aromatic heterocycles. The second-order valence-corrected chi connectivity index (χ2v) is 8.56. The number of hydrogen-bond donors (Lipinski definition) is 3. The molecule has 2 aromatic carbocycles. The first-order valence-electron chi connectivity index (χ1n) is 9.61. The van der Waals surface area contributed by atoms with Crippen molar-refractivity contribution in [1.29, 1.82) is 0 Å². The molecule has 2 aliphatic rings. The highest BCUT2D eigenvalue weighted by Crippen LogP contribution is 2.35. The molecule has 0 bridgehead atoms. The van der Waals surface area contributed by atoms with Gasteiger partial charge in [0, 0.05) is 29.5 Å². The number of nitrogens with zero attached hydrogens (tertiary/aromatic N) is 1. The summed E-state index contributed by atoms with van der Waals surface area (Å²) in [6.07, 6.45) is -0.478. The van der Waals surface area contributed by atoms with Gasteiger partial charge in [0.15, 0.2) is 0 Å². The first-order chi connectivity index (χ1) is 14.3. The lowest BCUT2D eigenvalue weighted by Crippen LogP contribution is -2.58. The summed E-state index contributed by atoms with van der Waals surface area (Å²) in [6, 6.07) is 7.33. The fourth-order valence-electron chi connectivity index (χ4n) is 3.85. The topological polar surface area (TPSA) is 82.0 Å². The molecule has 1 fully saturated rings. The van der Waals surface area contributed by atoms with Crippen molar-refractivity contribution in [3.8, 4) is 5.75 Å². The lowest BCUT2D eigenvalue weighted by molar-refractivity contribution is -0.116. The quantitative estimate of drug-likeness (QED) is 0.623. The number of benzene rings is 2. The maximum absolute atomic E-state index is 14.2. The number of ether oxygens (including phenoxy) is 1. The first kappa shape index (κ1) is 21.0. The monoisotopic (exact) mass is 482 g/mol. The van der Waals surface area contributed by atoms with E-state index in [9.17, 15) is 23.8 Å². The zero-order chi connectivity index (χ0) is 21.5. The Balaban J connectivity index is 1.46. The average molecular weight is 483 g/mol. The predicted octanol–water partition coefficient (Wildman–Crippen LogP) is 2.99. The molecule has 0 unspecified atom stereocenters. The predicted molar refractivity (Wildman–Crippen MR) is 111 cm³/mol. The standard InChI is InChI=1S/C21H21BrF2N2O4/c22-12-1-4-16(15(24)9-12)26-8-7-21(29,18(27)10-26)11-30-17-5-3-14(23)20-13(17)2-6-19(28)25-20/h1,3-5,9,18,27,29H,2,6-8,10-11H2,(H,25,28)/t18-,21-/m1/s1. The van der Waals surface area contributed by atoms with Crippen LogP contribution in [-0.2, 0) is 11.2 Å². The van der Waals surface area contributed by atoms with Gasteiger partial charge in [0.05, 0.1) is 11.4 Å². The SMILES string of the molecule is O=C1CCc2c(OC[C@]3(O)CCN(c4ccc(Br)cc4F)C[C@H]3O)ccc(F)c2N1. The molecule has 30 heavy (non-hydrogen) atoms. The minimum atomic E-state index is -1.54. The molecule has 4 rings (SSSR count). The first-order valence-corrected chi connectivity index (χ1v) is 10.4. The van der Waals surface area contributed by atoms with Crippen molar-refractivity contribution in [1.82, 2.24) is 0 Å². The van der Waals surface area contributed by atoms with Crippen LogP contribution in [0, 0.1) is 11.6 Å². The zero-order valence-corrected chi connectivity index (χ0v) is 17.6. The number of amides is 1. The molecule has 0 spiro atoms. The van der Waals surface area contributed by atoms with Crippen LogP contribution in [0.25, 0.3) is 0 Å². The fourth-order valence-corrected chi connectivity index (χ4v) is 4.19. The minimum Gasteiger partial charge on any atom is -0.490 e. The maximum atomic E-state index is 14.2. The van der Waals surface area contributed by atoms with Crippen LogP contribution in [-0.4, -0.2) is 47.5 Å². The normalized spacial score (nSPS) is 23.7. The van der Waals surface area contributed by atoms with Gasteiger partial charge < -0.3 is 25.2 Å². The molecule has 1 saturated heterocycles. The Morgan fingerprint density at radius 1 is 1.23 bits per heavy atom. The summed E-state index contributed by atoms with van der Waals surface area (Å²) >= 11 is 3.22. The number of hydrogen-bond acceptors (Lipinski definition) is 5. The highest BCUT2D eigenvalue weighted by molar-refractivity contribution is 9.10. The van der Waals surface area contributed by atoms with Crippen molar-refractivity contribution in [3.05, 3.63) is 52.0 Å². The summed E-state index contributed by atoms with van der Waals surface area (Å²) < 4.78 is 34.6. The summed E-state index contributed by atoms with van der Waals surface area (Å²) in [5.74, 6) is -0.874. The van der Waals surface area contributed by atoms with E-state index in [1.807, 2.05) is 0 Å². The number of aliphatic hydroxyl groups excluding tert-OH is 1. The van der Waals surface area contributed by atoms with Gasteiger partial charge in [-0.15, -0.1) is 0 Å². The molecule has 9 heteroatoms. The fraction of sp³-hybridized carbons (Fsp3) is 0.381. The summed E-state index contributed by atoms with van der Waals surface area (Å²) in [6.45, 7) is 0.153. The van der Waals surface area contributed by atoms with E-state index in [-0.39, 0.29) is 37.6 Å². The highest BCUT2D eigenvalue weighted by atomic mass is 79.9. The van der Waals surface area contributed by atoms with E-state index in [4.69, 9.17) is 4.74 Å². The number of piperidine rings is 1. The lowest BCUT2D eigenvalue weighted by Gasteiger charge is -2.42. The Labute approximate surface area is 180 Å². The molecule has 0 aliphatic carbocycles. The van der Waals surface area contributed by atoms with E-state index in [2.05, 4.69) is 21.2 Å². The average Bonchev–Trinajstić information content (AvgIpc) is 2.70. The van der Waals surface area contributed by atoms with Crippen LogP contribution in [0.3, 0.4) is 0 Å². The van der Waals surface area contributed by atoms with Crippen molar-refractivity contribution < 1.29 is 28.5 Å².